The zero-order valence-electron chi connectivity index (χ0n) is 13.9. The van der Waals surface area contributed by atoms with Gasteiger partial charge in [-0.25, -0.2) is 0 Å². The van der Waals surface area contributed by atoms with Crippen LogP contribution in [0.15, 0.2) is 30.6 Å². The fourth-order valence-corrected chi connectivity index (χ4v) is 3.37. The van der Waals surface area contributed by atoms with Crippen LogP contribution in [0.25, 0.3) is 0 Å². The van der Waals surface area contributed by atoms with E-state index in [1.807, 2.05) is 41.8 Å². The van der Waals surface area contributed by atoms with Crippen LogP contribution in [-0.2, 0) is 17.8 Å². The molecule has 3 heterocycles. The number of carbonyl (C=O) groups is 1. The first kappa shape index (κ1) is 15.7. The Morgan fingerprint density at radius 1 is 1.39 bits per heavy atom. The molecular weight excluding hydrogens is 288 g/mol. The van der Waals surface area contributed by atoms with Crippen LogP contribution in [0.2, 0.25) is 0 Å². The van der Waals surface area contributed by atoms with E-state index in [1.54, 1.807) is 6.20 Å². The molecule has 0 aromatic carbocycles. The number of hydrogen-bond donors (Lipinski definition) is 0. The minimum atomic E-state index is 0.173. The van der Waals surface area contributed by atoms with Crippen molar-refractivity contribution in [3.63, 3.8) is 0 Å². The summed E-state index contributed by atoms with van der Waals surface area (Å²) in [5.74, 6) is 0.699. The first-order valence-electron chi connectivity index (χ1n) is 8.29. The Bertz CT molecular complexity index is 665. The van der Waals surface area contributed by atoms with Gasteiger partial charge >= 0.3 is 0 Å². The number of aromatic nitrogens is 3. The van der Waals surface area contributed by atoms with Gasteiger partial charge in [0.2, 0.25) is 5.91 Å². The largest absolute Gasteiger partial charge is 0.341 e. The van der Waals surface area contributed by atoms with Crippen molar-refractivity contribution in [2.75, 3.05) is 13.1 Å². The number of likely N-dealkylation sites (tertiary alicyclic amines) is 1. The SMILES string of the molecule is Cc1cc(C)n(CC(=O)N2CCCC(Cc3cccnc3)C2)n1. The lowest BCUT2D eigenvalue weighted by atomic mass is 9.92. The highest BCUT2D eigenvalue weighted by molar-refractivity contribution is 5.76. The van der Waals surface area contributed by atoms with E-state index in [0.29, 0.717) is 12.5 Å². The van der Waals surface area contributed by atoms with E-state index in [0.717, 1.165) is 37.3 Å². The molecule has 1 atom stereocenters. The van der Waals surface area contributed by atoms with E-state index in [2.05, 4.69) is 16.1 Å². The summed E-state index contributed by atoms with van der Waals surface area (Å²) in [6, 6.07) is 6.10. The maximum atomic E-state index is 12.6. The monoisotopic (exact) mass is 312 g/mol. The van der Waals surface area contributed by atoms with Crippen LogP contribution in [0, 0.1) is 19.8 Å². The van der Waals surface area contributed by atoms with Crippen molar-refractivity contribution in [2.24, 2.45) is 5.92 Å². The number of pyridine rings is 1. The predicted octanol–water partition coefficient (Wildman–Crippen LogP) is 2.38. The van der Waals surface area contributed by atoms with Crippen LogP contribution in [0.1, 0.15) is 29.8 Å². The average molecular weight is 312 g/mol. The van der Waals surface area contributed by atoms with Crippen LogP contribution in [-0.4, -0.2) is 38.7 Å². The molecule has 3 rings (SSSR count). The molecule has 23 heavy (non-hydrogen) atoms. The zero-order valence-corrected chi connectivity index (χ0v) is 13.9. The summed E-state index contributed by atoms with van der Waals surface area (Å²) in [5, 5.41) is 4.39. The van der Waals surface area contributed by atoms with E-state index >= 15 is 0 Å². The van der Waals surface area contributed by atoms with Crippen LogP contribution >= 0.6 is 0 Å². The van der Waals surface area contributed by atoms with Gasteiger partial charge in [0.05, 0.1) is 5.69 Å². The molecule has 5 heteroatoms. The molecule has 0 bridgehead atoms. The van der Waals surface area contributed by atoms with Crippen molar-refractivity contribution in [1.82, 2.24) is 19.7 Å². The fourth-order valence-electron chi connectivity index (χ4n) is 3.37. The smallest absolute Gasteiger partial charge is 0.244 e. The van der Waals surface area contributed by atoms with Gasteiger partial charge in [0, 0.05) is 31.2 Å². The van der Waals surface area contributed by atoms with E-state index in [4.69, 9.17) is 0 Å². The highest BCUT2D eigenvalue weighted by atomic mass is 16.2. The lowest BCUT2D eigenvalue weighted by molar-refractivity contribution is -0.133. The summed E-state index contributed by atoms with van der Waals surface area (Å²) in [6.45, 7) is 6.00. The number of amides is 1. The molecular formula is C18H24N4O. The number of rotatable bonds is 4. The van der Waals surface area contributed by atoms with Gasteiger partial charge in [-0.1, -0.05) is 6.07 Å². The lowest BCUT2D eigenvalue weighted by Crippen LogP contribution is -2.42. The Hall–Kier alpha value is -2.17. The van der Waals surface area contributed by atoms with E-state index < -0.39 is 0 Å². The molecule has 1 aliphatic rings. The maximum absolute atomic E-state index is 12.6. The van der Waals surface area contributed by atoms with E-state index in [9.17, 15) is 4.79 Å². The highest BCUT2D eigenvalue weighted by Gasteiger charge is 2.24. The Balaban J connectivity index is 1.59. The molecule has 0 saturated carbocycles. The summed E-state index contributed by atoms with van der Waals surface area (Å²) in [5.41, 5.74) is 3.26. The Morgan fingerprint density at radius 3 is 2.96 bits per heavy atom. The van der Waals surface area contributed by atoms with E-state index in [-0.39, 0.29) is 5.91 Å². The van der Waals surface area contributed by atoms with E-state index in [1.165, 1.54) is 12.0 Å². The molecule has 1 fully saturated rings. The second-order valence-corrected chi connectivity index (χ2v) is 6.50. The molecule has 5 nitrogen and oxygen atoms in total. The van der Waals surface area contributed by atoms with Crippen molar-refractivity contribution < 1.29 is 4.79 Å². The fraction of sp³-hybridized carbons (Fsp3) is 0.500. The summed E-state index contributed by atoms with van der Waals surface area (Å²) in [6.07, 6.45) is 6.98. The number of nitrogens with zero attached hydrogens (tertiary/aromatic N) is 4. The summed E-state index contributed by atoms with van der Waals surface area (Å²) < 4.78 is 1.81. The Labute approximate surface area is 137 Å². The highest BCUT2D eigenvalue weighted by Crippen LogP contribution is 2.21. The Kier molecular flexibility index (Phi) is 4.74. The van der Waals surface area contributed by atoms with Gasteiger partial charge in [0.25, 0.3) is 0 Å². The van der Waals surface area contributed by atoms with Gasteiger partial charge in [-0.2, -0.15) is 5.10 Å². The first-order chi connectivity index (χ1) is 11.1. The Morgan fingerprint density at radius 2 is 2.26 bits per heavy atom. The van der Waals surface area contributed by atoms with Crippen LogP contribution in [0.5, 0.6) is 0 Å². The number of carbonyl (C=O) groups excluding carboxylic acids is 1. The zero-order chi connectivity index (χ0) is 16.2. The van der Waals surface area contributed by atoms with Crippen molar-refractivity contribution in [3.05, 3.63) is 47.5 Å². The molecule has 0 radical (unpaired) electrons. The second-order valence-electron chi connectivity index (χ2n) is 6.50. The van der Waals surface area contributed by atoms with Gasteiger partial charge in [-0.15, -0.1) is 0 Å². The normalized spacial score (nSPS) is 18.2. The summed E-state index contributed by atoms with van der Waals surface area (Å²) in [4.78, 5) is 18.8. The van der Waals surface area contributed by atoms with Gasteiger partial charge in [-0.3, -0.25) is 14.5 Å². The van der Waals surface area contributed by atoms with Crippen molar-refractivity contribution in [1.29, 1.82) is 0 Å². The minimum absolute atomic E-state index is 0.173. The van der Waals surface area contributed by atoms with Crippen LogP contribution in [0.4, 0.5) is 0 Å². The quantitative estimate of drug-likeness (QED) is 0.871. The molecule has 1 aliphatic heterocycles. The number of piperidine rings is 1. The molecule has 0 spiro atoms. The third-order valence-corrected chi connectivity index (χ3v) is 4.51. The summed E-state index contributed by atoms with van der Waals surface area (Å²) >= 11 is 0. The predicted molar refractivity (Wildman–Crippen MR) is 88.9 cm³/mol. The van der Waals surface area contributed by atoms with Gasteiger partial charge in [0.1, 0.15) is 6.54 Å². The average Bonchev–Trinajstić information content (AvgIpc) is 2.86. The molecule has 2 aromatic rings. The first-order valence-corrected chi connectivity index (χ1v) is 8.29. The molecule has 0 N–H and O–H groups in total. The van der Waals surface area contributed by atoms with Crippen molar-refractivity contribution in [3.8, 4) is 0 Å². The van der Waals surface area contributed by atoms with Crippen LogP contribution in [0.3, 0.4) is 0 Å². The standard InChI is InChI=1S/C18H24N4O/c1-14-9-15(2)22(20-14)13-18(23)21-8-4-6-17(12-21)10-16-5-3-7-19-11-16/h3,5,7,9,11,17H,4,6,8,10,12-13H2,1-2H3. The van der Waals surface area contributed by atoms with Crippen molar-refractivity contribution >= 4 is 5.91 Å². The van der Waals surface area contributed by atoms with Gasteiger partial charge in [-0.05, 0) is 56.7 Å². The number of hydrogen-bond acceptors (Lipinski definition) is 3. The second kappa shape index (κ2) is 6.94. The molecule has 1 unspecified atom stereocenters. The molecule has 122 valence electrons. The molecule has 1 saturated heterocycles. The number of aryl methyl sites for hydroxylation is 2. The van der Waals surface area contributed by atoms with Gasteiger partial charge in [0.15, 0.2) is 0 Å². The van der Waals surface area contributed by atoms with Crippen molar-refractivity contribution in [2.45, 2.75) is 39.7 Å². The summed E-state index contributed by atoms with van der Waals surface area (Å²) in [7, 11) is 0. The lowest BCUT2D eigenvalue weighted by Gasteiger charge is -2.33. The molecule has 2 aromatic heterocycles. The van der Waals surface area contributed by atoms with Gasteiger partial charge < -0.3 is 4.90 Å². The third-order valence-electron chi connectivity index (χ3n) is 4.51. The third kappa shape index (κ3) is 3.97. The maximum Gasteiger partial charge on any atom is 0.244 e. The molecule has 0 aliphatic carbocycles. The van der Waals surface area contributed by atoms with Crippen LogP contribution < -0.4 is 0 Å². The topological polar surface area (TPSA) is 51.0 Å². The molecule has 1 amide bonds. The minimum Gasteiger partial charge on any atom is -0.341 e.